The van der Waals surface area contributed by atoms with E-state index in [2.05, 4.69) is 5.32 Å². The van der Waals surface area contributed by atoms with Gasteiger partial charge in [0.15, 0.2) is 6.61 Å². The van der Waals surface area contributed by atoms with Crippen LogP contribution in [0.1, 0.15) is 5.56 Å². The van der Waals surface area contributed by atoms with Crippen LogP contribution in [-0.4, -0.2) is 25.0 Å². The topological polar surface area (TPSA) is 58.6 Å². The van der Waals surface area contributed by atoms with E-state index in [4.69, 9.17) is 16.3 Å². The van der Waals surface area contributed by atoms with Gasteiger partial charge in [-0.25, -0.2) is 0 Å². The number of benzene rings is 2. The number of carbonyl (C=O) groups is 2. The number of carbonyl (C=O) groups excluding carboxylic acids is 2. The molecule has 0 aromatic heterocycles. The Morgan fingerprint density at radius 3 is 2.74 bits per heavy atom. The van der Waals surface area contributed by atoms with Crippen molar-refractivity contribution in [1.82, 2.24) is 0 Å². The van der Waals surface area contributed by atoms with E-state index < -0.39 is 0 Å². The predicted molar refractivity (Wildman–Crippen MR) is 89.1 cm³/mol. The second kappa shape index (κ2) is 6.30. The molecule has 2 amide bonds. The van der Waals surface area contributed by atoms with Gasteiger partial charge in [-0.1, -0.05) is 17.7 Å². The Morgan fingerprint density at radius 2 is 2.00 bits per heavy atom. The van der Waals surface area contributed by atoms with Gasteiger partial charge in [0.1, 0.15) is 12.3 Å². The van der Waals surface area contributed by atoms with Gasteiger partial charge in [-0.2, -0.15) is 0 Å². The summed E-state index contributed by atoms with van der Waals surface area (Å²) in [5.41, 5.74) is 2.27. The Morgan fingerprint density at radius 1 is 1.26 bits per heavy atom. The summed E-state index contributed by atoms with van der Waals surface area (Å²) in [5.74, 6) is 0.0885. The van der Waals surface area contributed by atoms with Crippen LogP contribution in [0.5, 0.6) is 5.75 Å². The third-order valence-electron chi connectivity index (χ3n) is 3.49. The van der Waals surface area contributed by atoms with Gasteiger partial charge in [-0.15, -0.1) is 0 Å². The maximum absolute atomic E-state index is 12.2. The lowest BCUT2D eigenvalue weighted by Gasteiger charge is -2.29. The lowest BCUT2D eigenvalue weighted by Crippen LogP contribution is -2.43. The molecule has 0 atom stereocenters. The van der Waals surface area contributed by atoms with E-state index in [0.29, 0.717) is 22.1 Å². The number of nitrogens with zero attached hydrogens (tertiary/aromatic N) is 1. The number of fused-ring (bicyclic) bond motifs is 1. The summed E-state index contributed by atoms with van der Waals surface area (Å²) in [6, 6.07) is 12.3. The first-order valence-electron chi connectivity index (χ1n) is 7.12. The second-order valence-electron chi connectivity index (χ2n) is 5.29. The molecule has 1 aliphatic rings. The molecular formula is C17H15ClN2O3. The second-order valence-corrected chi connectivity index (χ2v) is 5.73. The normalized spacial score (nSPS) is 13.3. The third kappa shape index (κ3) is 3.46. The molecular weight excluding hydrogens is 316 g/mol. The van der Waals surface area contributed by atoms with Gasteiger partial charge in [-0.05, 0) is 48.9 Å². The lowest BCUT2D eigenvalue weighted by molar-refractivity contribution is -0.123. The van der Waals surface area contributed by atoms with Crippen molar-refractivity contribution in [3.63, 3.8) is 0 Å². The highest BCUT2D eigenvalue weighted by Gasteiger charge is 2.27. The summed E-state index contributed by atoms with van der Waals surface area (Å²) in [4.78, 5) is 25.7. The predicted octanol–water partition coefficient (Wildman–Crippen LogP) is 3.01. The summed E-state index contributed by atoms with van der Waals surface area (Å²) in [6.07, 6.45) is 0. The van der Waals surface area contributed by atoms with Crippen LogP contribution in [0.15, 0.2) is 42.5 Å². The number of aryl methyl sites for hydroxylation is 1. The van der Waals surface area contributed by atoms with Crippen molar-refractivity contribution in [2.45, 2.75) is 6.92 Å². The van der Waals surface area contributed by atoms with E-state index in [1.54, 1.807) is 30.3 Å². The molecule has 0 fully saturated rings. The van der Waals surface area contributed by atoms with E-state index in [-0.39, 0.29) is 25.0 Å². The Labute approximate surface area is 138 Å². The molecule has 0 unspecified atom stereocenters. The fourth-order valence-corrected chi connectivity index (χ4v) is 2.49. The molecule has 0 saturated heterocycles. The monoisotopic (exact) mass is 330 g/mol. The molecule has 3 rings (SSSR count). The molecule has 5 nitrogen and oxygen atoms in total. The van der Waals surface area contributed by atoms with Crippen molar-refractivity contribution in [3.8, 4) is 5.75 Å². The van der Waals surface area contributed by atoms with Crippen LogP contribution in [0, 0.1) is 6.92 Å². The summed E-state index contributed by atoms with van der Waals surface area (Å²) in [6.45, 7) is 1.81. The van der Waals surface area contributed by atoms with Gasteiger partial charge in [0.05, 0.1) is 5.69 Å². The SMILES string of the molecule is Cc1ccc2c(c1)OCC(=O)N2CC(=O)Nc1ccc(Cl)cc1. The molecule has 1 heterocycles. The molecule has 0 radical (unpaired) electrons. The smallest absolute Gasteiger partial charge is 0.265 e. The highest BCUT2D eigenvalue weighted by atomic mass is 35.5. The van der Waals surface area contributed by atoms with E-state index in [0.717, 1.165) is 5.56 Å². The van der Waals surface area contributed by atoms with Crippen molar-refractivity contribution < 1.29 is 14.3 Å². The molecule has 23 heavy (non-hydrogen) atoms. The molecule has 2 aromatic carbocycles. The highest BCUT2D eigenvalue weighted by Crippen LogP contribution is 2.32. The molecule has 1 aliphatic heterocycles. The number of ether oxygens (including phenoxy) is 1. The number of halogens is 1. The van der Waals surface area contributed by atoms with Gasteiger partial charge in [0.25, 0.3) is 5.91 Å². The minimum atomic E-state index is -0.283. The fourth-order valence-electron chi connectivity index (χ4n) is 2.36. The third-order valence-corrected chi connectivity index (χ3v) is 3.74. The van der Waals surface area contributed by atoms with Crippen molar-refractivity contribution in [2.24, 2.45) is 0 Å². The van der Waals surface area contributed by atoms with E-state index in [1.165, 1.54) is 4.90 Å². The average Bonchev–Trinajstić information content (AvgIpc) is 2.52. The van der Waals surface area contributed by atoms with Crippen LogP contribution in [0.25, 0.3) is 0 Å². The highest BCUT2D eigenvalue weighted by molar-refractivity contribution is 6.30. The molecule has 1 N–H and O–H groups in total. The van der Waals surface area contributed by atoms with Gasteiger partial charge in [0, 0.05) is 10.7 Å². The quantitative estimate of drug-likeness (QED) is 0.941. The van der Waals surface area contributed by atoms with Crippen LogP contribution in [0.3, 0.4) is 0 Å². The minimum Gasteiger partial charge on any atom is -0.482 e. The fraction of sp³-hybridized carbons (Fsp3) is 0.176. The summed E-state index contributed by atoms with van der Waals surface area (Å²) in [5, 5.41) is 3.34. The number of anilines is 2. The van der Waals surface area contributed by atoms with Crippen LogP contribution in [-0.2, 0) is 9.59 Å². The average molecular weight is 331 g/mol. The van der Waals surface area contributed by atoms with Gasteiger partial charge in [0.2, 0.25) is 5.91 Å². The van der Waals surface area contributed by atoms with Crippen LogP contribution in [0.4, 0.5) is 11.4 Å². The number of amides is 2. The zero-order chi connectivity index (χ0) is 16.4. The zero-order valence-electron chi connectivity index (χ0n) is 12.5. The molecule has 0 aliphatic carbocycles. The Bertz CT molecular complexity index is 759. The molecule has 118 valence electrons. The first kappa shape index (κ1) is 15.4. The van der Waals surface area contributed by atoms with E-state index in [1.807, 2.05) is 19.1 Å². The molecule has 0 spiro atoms. The first-order chi connectivity index (χ1) is 11.0. The van der Waals surface area contributed by atoms with Gasteiger partial charge >= 0.3 is 0 Å². The molecule has 2 aromatic rings. The van der Waals surface area contributed by atoms with Crippen LogP contribution in [0.2, 0.25) is 5.02 Å². The van der Waals surface area contributed by atoms with Crippen molar-refractivity contribution >= 4 is 34.8 Å². The summed E-state index contributed by atoms with van der Waals surface area (Å²) in [7, 11) is 0. The van der Waals surface area contributed by atoms with Crippen molar-refractivity contribution in [2.75, 3.05) is 23.4 Å². The van der Waals surface area contributed by atoms with E-state index >= 15 is 0 Å². The maximum Gasteiger partial charge on any atom is 0.265 e. The van der Waals surface area contributed by atoms with Crippen molar-refractivity contribution in [3.05, 3.63) is 53.1 Å². The number of hydrogen-bond acceptors (Lipinski definition) is 3. The molecule has 0 bridgehead atoms. The lowest BCUT2D eigenvalue weighted by atomic mass is 10.1. The van der Waals surface area contributed by atoms with Crippen LogP contribution >= 0.6 is 11.6 Å². The Balaban J connectivity index is 1.75. The van der Waals surface area contributed by atoms with Gasteiger partial charge < -0.3 is 10.1 Å². The summed E-state index contributed by atoms with van der Waals surface area (Å²) < 4.78 is 5.42. The minimum absolute atomic E-state index is 0.0648. The largest absolute Gasteiger partial charge is 0.482 e. The van der Waals surface area contributed by atoms with Crippen LogP contribution < -0.4 is 15.0 Å². The zero-order valence-corrected chi connectivity index (χ0v) is 13.3. The Kier molecular flexibility index (Phi) is 4.21. The number of rotatable bonds is 3. The number of hydrogen-bond donors (Lipinski definition) is 1. The van der Waals surface area contributed by atoms with E-state index in [9.17, 15) is 9.59 Å². The molecule has 0 saturated carbocycles. The maximum atomic E-state index is 12.2. The molecule has 6 heteroatoms. The Hall–Kier alpha value is -2.53. The summed E-state index contributed by atoms with van der Waals surface area (Å²) >= 11 is 5.81. The van der Waals surface area contributed by atoms with Gasteiger partial charge in [-0.3, -0.25) is 14.5 Å². The van der Waals surface area contributed by atoms with Crippen molar-refractivity contribution in [1.29, 1.82) is 0 Å². The standard InChI is InChI=1S/C17H15ClN2O3/c1-11-2-7-14-15(8-11)23-10-17(22)20(14)9-16(21)19-13-5-3-12(18)4-6-13/h2-8H,9-10H2,1H3,(H,19,21). The first-order valence-corrected chi connectivity index (χ1v) is 7.50. The number of nitrogens with one attached hydrogen (secondary N) is 1.